The van der Waals surface area contributed by atoms with Crippen LogP contribution in [0.4, 0.5) is 0 Å². The fraction of sp³-hybridized carbons (Fsp3) is 0.259. The van der Waals surface area contributed by atoms with Crippen LogP contribution in [0.5, 0.6) is 51.7 Å². The van der Waals surface area contributed by atoms with Crippen LogP contribution in [0, 0.1) is 5.92 Å². The molecule has 0 saturated heterocycles. The average Bonchev–Trinajstić information content (AvgIpc) is 2.83. The van der Waals surface area contributed by atoms with Gasteiger partial charge in [0.2, 0.25) is 5.75 Å². The lowest BCUT2D eigenvalue weighted by atomic mass is 9.93. The number of hydrogen-bond acceptors (Lipinski definition) is 12. The van der Waals surface area contributed by atoms with Crippen molar-refractivity contribution in [1.29, 1.82) is 0 Å². The van der Waals surface area contributed by atoms with Crippen LogP contribution >= 0.6 is 0 Å². The number of hydrogen-bond donors (Lipinski definition) is 7. The maximum atomic E-state index is 13.1. The molecule has 0 fully saturated rings. The zero-order valence-electron chi connectivity index (χ0n) is 20.8. The second-order valence-electron chi connectivity index (χ2n) is 9.45. The number of carbonyl (C=O) groups is 2. The van der Waals surface area contributed by atoms with Gasteiger partial charge in [-0.3, -0.25) is 4.79 Å². The van der Waals surface area contributed by atoms with E-state index >= 15 is 0 Å². The highest BCUT2D eigenvalue weighted by Gasteiger charge is 2.37. The molecule has 0 bridgehead atoms. The number of aromatic hydroxyl groups is 7. The normalized spacial score (nSPS) is 16.3. The highest BCUT2D eigenvalue weighted by Crippen LogP contribution is 2.46. The average molecular weight is 542 g/mol. The molecule has 0 spiro atoms. The van der Waals surface area contributed by atoms with E-state index in [1.807, 2.05) is 0 Å². The SMILES string of the molecule is CC(C)CC(=O)Oc1c(O)cc(C(=O)O[C@@H]2Cc3c(O)cc(O)cc3O[C@@H]2c2cc(O)c(O)c(O)c2)cc1O. The van der Waals surface area contributed by atoms with Gasteiger partial charge in [0.05, 0.1) is 5.56 Å². The predicted octanol–water partition coefficient (Wildman–Crippen LogP) is 3.48. The first kappa shape index (κ1) is 27.0. The Morgan fingerprint density at radius 1 is 0.872 bits per heavy atom. The predicted molar refractivity (Wildman–Crippen MR) is 132 cm³/mol. The van der Waals surface area contributed by atoms with E-state index in [2.05, 4.69) is 0 Å². The molecule has 0 amide bonds. The molecule has 3 aromatic carbocycles. The molecule has 0 aliphatic carbocycles. The minimum absolute atomic E-state index is 0.0280. The van der Waals surface area contributed by atoms with Gasteiger partial charge in [0.25, 0.3) is 0 Å². The standard InChI is InChI=1S/C27H26O12/c1-11(2)3-23(34)39-26-19(32)6-13(7-20(26)33)27(36)38-22-10-15-16(29)8-14(28)9-21(15)37-25(22)12-4-17(30)24(35)18(31)5-12/h4-9,11,22,25,28-33,35H,3,10H2,1-2H3/t22-,25-/m1/s1. The largest absolute Gasteiger partial charge is 0.508 e. The smallest absolute Gasteiger partial charge is 0.338 e. The molecule has 0 aromatic heterocycles. The van der Waals surface area contributed by atoms with Crippen molar-refractivity contribution in [1.82, 2.24) is 0 Å². The molecule has 1 aliphatic rings. The van der Waals surface area contributed by atoms with Crippen LogP contribution in [0.3, 0.4) is 0 Å². The Morgan fingerprint density at radius 2 is 1.49 bits per heavy atom. The van der Waals surface area contributed by atoms with Gasteiger partial charge < -0.3 is 50.0 Å². The van der Waals surface area contributed by atoms with Crippen molar-refractivity contribution in [2.45, 2.75) is 38.9 Å². The van der Waals surface area contributed by atoms with Crippen molar-refractivity contribution in [2.24, 2.45) is 5.92 Å². The van der Waals surface area contributed by atoms with Crippen molar-refractivity contribution < 1.29 is 59.5 Å². The van der Waals surface area contributed by atoms with E-state index < -0.39 is 58.6 Å². The number of phenols is 7. The number of fused-ring (bicyclic) bond motifs is 1. The lowest BCUT2D eigenvalue weighted by molar-refractivity contribution is -0.135. The third-order valence-electron chi connectivity index (χ3n) is 5.92. The lowest BCUT2D eigenvalue weighted by Crippen LogP contribution is -2.34. The topological polar surface area (TPSA) is 203 Å². The summed E-state index contributed by atoms with van der Waals surface area (Å²) in [7, 11) is 0. The van der Waals surface area contributed by atoms with E-state index in [1.165, 1.54) is 6.07 Å². The quantitative estimate of drug-likeness (QED) is 0.136. The van der Waals surface area contributed by atoms with Gasteiger partial charge in [-0.2, -0.15) is 0 Å². The Hall–Kier alpha value is -5.00. The van der Waals surface area contributed by atoms with E-state index in [0.717, 1.165) is 30.3 Å². The number of rotatable bonds is 6. The number of phenolic OH excluding ortho intramolecular Hbond substituents is 7. The van der Waals surface area contributed by atoms with E-state index in [-0.39, 0.29) is 52.7 Å². The Kier molecular flexibility index (Phi) is 7.21. The van der Waals surface area contributed by atoms with Crippen LogP contribution in [-0.4, -0.2) is 53.8 Å². The molecular formula is C27H26O12. The lowest BCUT2D eigenvalue weighted by Gasteiger charge is -2.34. The second kappa shape index (κ2) is 10.4. The van der Waals surface area contributed by atoms with Crippen molar-refractivity contribution in [3.63, 3.8) is 0 Å². The van der Waals surface area contributed by atoms with Gasteiger partial charge in [-0.15, -0.1) is 0 Å². The summed E-state index contributed by atoms with van der Waals surface area (Å²) in [6, 6.07) is 6.30. The summed E-state index contributed by atoms with van der Waals surface area (Å²) in [5.41, 5.74) is -0.0519. The van der Waals surface area contributed by atoms with Crippen LogP contribution in [0.15, 0.2) is 36.4 Å². The summed E-state index contributed by atoms with van der Waals surface area (Å²) in [4.78, 5) is 25.0. The maximum Gasteiger partial charge on any atom is 0.338 e. The first-order chi connectivity index (χ1) is 18.3. The Bertz CT molecular complexity index is 1400. The van der Waals surface area contributed by atoms with Crippen LogP contribution in [0.2, 0.25) is 0 Å². The van der Waals surface area contributed by atoms with Crippen molar-refractivity contribution in [2.75, 3.05) is 0 Å². The molecule has 3 aromatic rings. The summed E-state index contributed by atoms with van der Waals surface area (Å²) < 4.78 is 16.5. The Balaban J connectivity index is 1.66. The number of esters is 2. The number of carbonyl (C=O) groups excluding carboxylic acids is 2. The molecular weight excluding hydrogens is 516 g/mol. The summed E-state index contributed by atoms with van der Waals surface area (Å²) in [5.74, 6) is -6.44. The maximum absolute atomic E-state index is 13.1. The monoisotopic (exact) mass is 542 g/mol. The molecule has 12 heteroatoms. The molecule has 4 rings (SSSR count). The zero-order valence-corrected chi connectivity index (χ0v) is 20.8. The van der Waals surface area contributed by atoms with Gasteiger partial charge >= 0.3 is 11.9 Å². The molecule has 39 heavy (non-hydrogen) atoms. The highest BCUT2D eigenvalue weighted by atomic mass is 16.6. The zero-order chi connectivity index (χ0) is 28.6. The first-order valence-corrected chi connectivity index (χ1v) is 11.8. The molecule has 0 saturated carbocycles. The van der Waals surface area contributed by atoms with Crippen molar-refractivity contribution >= 4 is 11.9 Å². The van der Waals surface area contributed by atoms with Crippen LogP contribution in [0.25, 0.3) is 0 Å². The van der Waals surface area contributed by atoms with Gasteiger partial charge in [-0.25, -0.2) is 4.79 Å². The summed E-state index contributed by atoms with van der Waals surface area (Å²) in [5, 5.41) is 70.5. The minimum Gasteiger partial charge on any atom is -0.508 e. The van der Waals surface area contributed by atoms with Gasteiger partial charge in [0.1, 0.15) is 23.4 Å². The van der Waals surface area contributed by atoms with Gasteiger partial charge in [-0.1, -0.05) is 13.8 Å². The fourth-order valence-corrected chi connectivity index (χ4v) is 4.14. The third-order valence-corrected chi connectivity index (χ3v) is 5.92. The van der Waals surface area contributed by atoms with Gasteiger partial charge in [-0.05, 0) is 30.2 Å². The van der Waals surface area contributed by atoms with Crippen molar-refractivity contribution in [3.8, 4) is 51.7 Å². The fourth-order valence-electron chi connectivity index (χ4n) is 4.14. The summed E-state index contributed by atoms with van der Waals surface area (Å²) in [6.07, 6.45) is -2.54. The molecule has 7 N–H and O–H groups in total. The summed E-state index contributed by atoms with van der Waals surface area (Å²) >= 11 is 0. The molecule has 12 nitrogen and oxygen atoms in total. The third kappa shape index (κ3) is 5.64. The Morgan fingerprint density at radius 3 is 2.08 bits per heavy atom. The van der Waals surface area contributed by atoms with Crippen LogP contribution in [-0.2, 0) is 16.0 Å². The molecule has 2 atom stereocenters. The molecule has 0 radical (unpaired) electrons. The van der Waals surface area contributed by atoms with E-state index in [1.54, 1.807) is 13.8 Å². The minimum atomic E-state index is -1.21. The summed E-state index contributed by atoms with van der Waals surface area (Å²) in [6.45, 7) is 3.56. The van der Waals surface area contributed by atoms with E-state index in [9.17, 15) is 45.3 Å². The highest BCUT2D eigenvalue weighted by molar-refractivity contribution is 5.91. The molecule has 206 valence electrons. The molecule has 1 aliphatic heterocycles. The van der Waals surface area contributed by atoms with Crippen LogP contribution in [0.1, 0.15) is 47.9 Å². The molecule has 1 heterocycles. The second-order valence-corrected chi connectivity index (χ2v) is 9.45. The molecule has 0 unspecified atom stereocenters. The van der Waals surface area contributed by atoms with Crippen molar-refractivity contribution in [3.05, 3.63) is 53.1 Å². The number of benzene rings is 3. The van der Waals surface area contributed by atoms with Crippen LogP contribution < -0.4 is 9.47 Å². The van der Waals surface area contributed by atoms with Gasteiger partial charge in [0.15, 0.2) is 34.9 Å². The first-order valence-electron chi connectivity index (χ1n) is 11.8. The van der Waals surface area contributed by atoms with E-state index in [4.69, 9.17) is 14.2 Å². The Labute approximate surface area is 221 Å². The van der Waals surface area contributed by atoms with Gasteiger partial charge in [0, 0.05) is 36.1 Å². The number of ether oxygens (including phenoxy) is 3. The van der Waals surface area contributed by atoms with E-state index in [0.29, 0.717) is 0 Å².